The molecule has 0 radical (unpaired) electrons. The van der Waals surface area contributed by atoms with Crippen molar-refractivity contribution in [1.29, 1.82) is 0 Å². The van der Waals surface area contributed by atoms with Crippen molar-refractivity contribution >= 4 is 22.9 Å². The highest BCUT2D eigenvalue weighted by Gasteiger charge is 2.35. The molecule has 0 unspecified atom stereocenters. The molecule has 1 fully saturated rings. The van der Waals surface area contributed by atoms with Crippen LogP contribution in [0.4, 0.5) is 4.79 Å². The van der Waals surface area contributed by atoms with Gasteiger partial charge in [0.15, 0.2) is 0 Å². The minimum Gasteiger partial charge on any atom is -0.444 e. The molecule has 0 bridgehead atoms. The number of aliphatic hydroxyl groups is 1. The summed E-state index contributed by atoms with van der Waals surface area (Å²) in [4.78, 5) is 33.4. The van der Waals surface area contributed by atoms with E-state index >= 15 is 0 Å². The van der Waals surface area contributed by atoms with Gasteiger partial charge in [-0.15, -0.1) is 0 Å². The molecule has 0 aliphatic carbocycles. The van der Waals surface area contributed by atoms with E-state index in [1.165, 1.54) is 0 Å². The van der Waals surface area contributed by atoms with Crippen LogP contribution in [0.2, 0.25) is 0 Å². The van der Waals surface area contributed by atoms with Crippen LogP contribution in [0.25, 0.3) is 10.9 Å². The molecule has 150 valence electrons. The molecule has 2 heterocycles. The van der Waals surface area contributed by atoms with Gasteiger partial charge in [-0.05, 0) is 39.3 Å². The van der Waals surface area contributed by atoms with Gasteiger partial charge < -0.3 is 19.6 Å². The number of aromatic nitrogens is 1. The van der Waals surface area contributed by atoms with Crippen molar-refractivity contribution in [2.45, 2.75) is 38.8 Å². The normalized spacial score (nSPS) is 17.6. The van der Waals surface area contributed by atoms with E-state index in [0.717, 1.165) is 5.39 Å². The van der Waals surface area contributed by atoms with E-state index in [1.54, 1.807) is 22.1 Å². The maximum atomic E-state index is 13.2. The molecule has 1 saturated heterocycles. The van der Waals surface area contributed by atoms with Crippen LogP contribution in [0.1, 0.15) is 37.6 Å². The number of carbonyl (C=O) groups excluding carboxylic acids is 2. The third-order valence-electron chi connectivity index (χ3n) is 4.72. The van der Waals surface area contributed by atoms with Gasteiger partial charge in [0.2, 0.25) is 0 Å². The second-order valence-corrected chi connectivity index (χ2v) is 7.97. The fourth-order valence-electron chi connectivity index (χ4n) is 3.44. The fourth-order valence-corrected chi connectivity index (χ4v) is 3.44. The topological polar surface area (TPSA) is 83.0 Å². The van der Waals surface area contributed by atoms with Gasteiger partial charge in [-0.2, -0.15) is 0 Å². The Morgan fingerprint density at radius 2 is 1.96 bits per heavy atom. The van der Waals surface area contributed by atoms with Gasteiger partial charge >= 0.3 is 6.09 Å². The van der Waals surface area contributed by atoms with E-state index in [4.69, 9.17) is 4.74 Å². The Morgan fingerprint density at radius 1 is 1.21 bits per heavy atom. The maximum absolute atomic E-state index is 13.2. The van der Waals surface area contributed by atoms with Crippen molar-refractivity contribution in [2.75, 3.05) is 26.2 Å². The molecular weight excluding hydrogens is 358 g/mol. The highest BCUT2D eigenvalue weighted by Crippen LogP contribution is 2.22. The Kier molecular flexibility index (Phi) is 5.84. The monoisotopic (exact) mass is 385 g/mol. The second kappa shape index (κ2) is 8.14. The summed E-state index contributed by atoms with van der Waals surface area (Å²) in [6.07, 6.45) is 1.65. The SMILES string of the molecule is CC(C)(C)OC(=O)N1CCN(C(=O)c2cccc3cccnc23)C[C@@H]1CCO. The number of para-hydroxylation sites is 1. The Morgan fingerprint density at radius 3 is 2.68 bits per heavy atom. The van der Waals surface area contributed by atoms with Crippen LogP contribution in [-0.2, 0) is 4.74 Å². The van der Waals surface area contributed by atoms with E-state index < -0.39 is 11.7 Å². The summed E-state index contributed by atoms with van der Waals surface area (Å²) in [7, 11) is 0. The Labute approximate surface area is 164 Å². The molecule has 28 heavy (non-hydrogen) atoms. The van der Waals surface area contributed by atoms with E-state index in [9.17, 15) is 14.7 Å². The summed E-state index contributed by atoms with van der Waals surface area (Å²) in [5, 5.41) is 10.4. The van der Waals surface area contributed by atoms with Gasteiger partial charge in [0.25, 0.3) is 5.91 Å². The molecule has 1 aromatic carbocycles. The fraction of sp³-hybridized carbons (Fsp3) is 0.476. The Hall–Kier alpha value is -2.67. The van der Waals surface area contributed by atoms with Crippen LogP contribution in [0.5, 0.6) is 0 Å². The average molecular weight is 385 g/mol. The molecule has 0 saturated carbocycles. The molecule has 1 aliphatic rings. The Bertz CT molecular complexity index is 857. The molecule has 1 aromatic heterocycles. The van der Waals surface area contributed by atoms with Crippen LogP contribution in [0.15, 0.2) is 36.5 Å². The number of rotatable bonds is 3. The van der Waals surface area contributed by atoms with Crippen molar-refractivity contribution < 1.29 is 19.4 Å². The lowest BCUT2D eigenvalue weighted by Gasteiger charge is -2.41. The lowest BCUT2D eigenvalue weighted by atomic mass is 10.1. The highest BCUT2D eigenvalue weighted by atomic mass is 16.6. The number of ether oxygens (including phenoxy) is 1. The first-order valence-corrected chi connectivity index (χ1v) is 9.53. The molecule has 3 rings (SSSR count). The number of aliphatic hydroxyl groups excluding tert-OH is 1. The van der Waals surface area contributed by atoms with Crippen LogP contribution < -0.4 is 0 Å². The van der Waals surface area contributed by atoms with Gasteiger partial charge in [0.1, 0.15) is 5.60 Å². The largest absolute Gasteiger partial charge is 0.444 e. The van der Waals surface area contributed by atoms with E-state index in [-0.39, 0.29) is 18.6 Å². The summed E-state index contributed by atoms with van der Waals surface area (Å²) in [6.45, 7) is 6.51. The van der Waals surface area contributed by atoms with E-state index in [0.29, 0.717) is 37.1 Å². The third kappa shape index (κ3) is 4.42. The number of hydrogen-bond acceptors (Lipinski definition) is 5. The minimum atomic E-state index is -0.595. The number of amides is 2. The first-order chi connectivity index (χ1) is 13.3. The summed E-state index contributed by atoms with van der Waals surface area (Å²) < 4.78 is 5.48. The molecular formula is C21H27N3O4. The molecule has 2 aromatic rings. The maximum Gasteiger partial charge on any atom is 0.410 e. The molecule has 0 spiro atoms. The summed E-state index contributed by atoms with van der Waals surface area (Å²) in [6, 6.07) is 9.02. The van der Waals surface area contributed by atoms with Gasteiger partial charge in [0.05, 0.1) is 17.1 Å². The molecule has 7 heteroatoms. The smallest absolute Gasteiger partial charge is 0.410 e. The number of hydrogen-bond donors (Lipinski definition) is 1. The lowest BCUT2D eigenvalue weighted by molar-refractivity contribution is -0.00399. The quantitative estimate of drug-likeness (QED) is 0.878. The lowest BCUT2D eigenvalue weighted by Crippen LogP contribution is -2.57. The molecule has 1 atom stereocenters. The first-order valence-electron chi connectivity index (χ1n) is 9.53. The van der Waals surface area contributed by atoms with Gasteiger partial charge in [-0.3, -0.25) is 9.78 Å². The molecule has 1 N–H and O–H groups in total. The van der Waals surface area contributed by atoms with E-state index in [1.807, 2.05) is 45.0 Å². The third-order valence-corrected chi connectivity index (χ3v) is 4.72. The zero-order chi connectivity index (χ0) is 20.3. The van der Waals surface area contributed by atoms with Crippen molar-refractivity contribution in [3.05, 3.63) is 42.1 Å². The van der Waals surface area contributed by atoms with Crippen LogP contribution in [0.3, 0.4) is 0 Å². The summed E-state index contributed by atoms with van der Waals surface area (Å²) in [5.74, 6) is -0.115. The van der Waals surface area contributed by atoms with Crippen molar-refractivity contribution in [3.63, 3.8) is 0 Å². The predicted octanol–water partition coefficient (Wildman–Crippen LogP) is 2.68. The number of benzene rings is 1. The van der Waals surface area contributed by atoms with Crippen molar-refractivity contribution in [3.8, 4) is 0 Å². The summed E-state index contributed by atoms with van der Waals surface area (Å²) in [5.41, 5.74) is 0.623. The number of piperazine rings is 1. The van der Waals surface area contributed by atoms with Crippen LogP contribution in [0, 0.1) is 0 Å². The molecule has 1 aliphatic heterocycles. The number of fused-ring (bicyclic) bond motifs is 1. The van der Waals surface area contributed by atoms with E-state index in [2.05, 4.69) is 4.98 Å². The summed E-state index contributed by atoms with van der Waals surface area (Å²) >= 11 is 0. The van der Waals surface area contributed by atoms with Gasteiger partial charge in [-0.25, -0.2) is 4.79 Å². The number of carbonyl (C=O) groups is 2. The standard InChI is InChI=1S/C21H27N3O4/c1-21(2,3)28-20(27)24-12-11-23(14-16(24)9-13-25)19(26)17-8-4-6-15-7-5-10-22-18(15)17/h4-8,10,16,25H,9,11-14H2,1-3H3/t16-/m0/s1. The molecule has 7 nitrogen and oxygen atoms in total. The number of nitrogens with zero attached hydrogens (tertiary/aromatic N) is 3. The zero-order valence-corrected chi connectivity index (χ0v) is 16.6. The van der Waals surface area contributed by atoms with Crippen molar-refractivity contribution in [2.24, 2.45) is 0 Å². The average Bonchev–Trinajstić information content (AvgIpc) is 2.66. The first kappa shape index (κ1) is 20.1. The predicted molar refractivity (Wildman–Crippen MR) is 106 cm³/mol. The van der Waals surface area contributed by atoms with Gasteiger partial charge in [0, 0.05) is 37.8 Å². The minimum absolute atomic E-state index is 0.0676. The van der Waals surface area contributed by atoms with Crippen molar-refractivity contribution in [1.82, 2.24) is 14.8 Å². The van der Waals surface area contributed by atoms with Crippen LogP contribution in [-0.4, -0.2) is 69.8 Å². The Balaban J connectivity index is 1.79. The number of pyridine rings is 1. The van der Waals surface area contributed by atoms with Crippen LogP contribution >= 0.6 is 0 Å². The highest BCUT2D eigenvalue weighted by molar-refractivity contribution is 6.05. The van der Waals surface area contributed by atoms with Gasteiger partial charge in [-0.1, -0.05) is 18.2 Å². The molecule has 2 amide bonds. The zero-order valence-electron chi connectivity index (χ0n) is 16.6. The second-order valence-electron chi connectivity index (χ2n) is 7.97.